The van der Waals surface area contributed by atoms with Crippen LogP contribution in [-0.2, 0) is 4.74 Å². The Bertz CT molecular complexity index is 412. The van der Waals surface area contributed by atoms with Crippen LogP contribution in [0.5, 0.6) is 0 Å². The van der Waals surface area contributed by atoms with Crippen LogP contribution in [0.2, 0.25) is 0 Å². The second-order valence-corrected chi connectivity index (χ2v) is 4.19. The number of ether oxygens (including phenoxy) is 1. The number of aromatic nitrogens is 1. The zero-order valence-corrected chi connectivity index (χ0v) is 9.68. The molecule has 1 heterocycles. The number of carbonyl (C=O) groups excluding carboxylic acids is 1. The summed E-state index contributed by atoms with van der Waals surface area (Å²) < 4.78 is 41.0. The lowest BCUT2D eigenvalue weighted by molar-refractivity contribution is -0.0329. The topological polar surface area (TPSA) is 42.1 Å². The van der Waals surface area contributed by atoms with Gasteiger partial charge in [0.1, 0.15) is 0 Å². The van der Waals surface area contributed by atoms with E-state index in [1.54, 1.807) is 0 Å². The minimum atomic E-state index is -4.38. The van der Waals surface area contributed by atoms with Crippen molar-refractivity contribution in [2.24, 2.45) is 0 Å². The molecule has 1 rings (SSSR count). The van der Waals surface area contributed by atoms with Crippen LogP contribution in [0.3, 0.4) is 0 Å². The molecule has 0 amide bonds. The Labute approximate surface area is 94.4 Å². The van der Waals surface area contributed by atoms with Gasteiger partial charge in [0.15, 0.2) is 0 Å². The smallest absolute Gasteiger partial charge is 0.447 e. The summed E-state index contributed by atoms with van der Waals surface area (Å²) in [5, 5.41) is -0.0783. The van der Waals surface area contributed by atoms with Gasteiger partial charge in [-0.05, 0) is 19.4 Å². The number of H-pyrrole nitrogens is 1. The summed E-state index contributed by atoms with van der Waals surface area (Å²) in [5.41, 5.74) is -3.59. The fourth-order valence-electron chi connectivity index (χ4n) is 1.35. The number of rotatable bonds is 2. The maximum absolute atomic E-state index is 12.2. The first-order chi connectivity index (χ1) is 7.26. The zero-order valence-electron chi connectivity index (χ0n) is 8.86. The van der Waals surface area contributed by atoms with Crippen LogP contribution < -0.4 is 0 Å². The van der Waals surface area contributed by atoms with Crippen LogP contribution in [0, 0.1) is 13.8 Å². The van der Waals surface area contributed by atoms with E-state index in [-0.39, 0.29) is 27.9 Å². The third-order valence-electron chi connectivity index (χ3n) is 2.00. The van der Waals surface area contributed by atoms with Gasteiger partial charge in [0, 0.05) is 17.5 Å². The normalized spacial score (nSPS) is 11.6. The number of thioether (sulfide) groups is 1. The molecule has 0 unspecified atom stereocenters. The Morgan fingerprint density at radius 1 is 1.38 bits per heavy atom. The Kier molecular flexibility index (Phi) is 3.57. The highest BCUT2D eigenvalue weighted by Crippen LogP contribution is 2.39. The summed E-state index contributed by atoms with van der Waals surface area (Å²) >= 11 is -0.273. The number of hydrogen-bond donors (Lipinski definition) is 1. The van der Waals surface area contributed by atoms with Crippen molar-refractivity contribution in [2.75, 3.05) is 7.11 Å². The minimum Gasteiger partial charge on any atom is -0.465 e. The SMILES string of the molecule is COC(=O)c1c(C)[nH]c(SC(F)(F)F)c1C. The fraction of sp³-hybridized carbons (Fsp3) is 0.444. The number of aromatic amines is 1. The fourth-order valence-corrected chi connectivity index (χ4v) is 2.04. The first-order valence-electron chi connectivity index (χ1n) is 4.29. The third-order valence-corrected chi connectivity index (χ3v) is 2.84. The van der Waals surface area contributed by atoms with Crippen molar-refractivity contribution in [3.8, 4) is 0 Å². The molecular formula is C9H10F3NO2S. The Hall–Kier alpha value is -1.11. The molecule has 0 aliphatic heterocycles. The number of esters is 1. The zero-order chi connectivity index (χ0) is 12.5. The maximum Gasteiger partial charge on any atom is 0.447 e. The standard InChI is InChI=1S/C9H10F3NO2S/c1-4-6(8(14)15-3)5(2)13-7(4)16-9(10,11)12/h13H,1-3H3. The van der Waals surface area contributed by atoms with Gasteiger partial charge in [-0.2, -0.15) is 13.2 Å². The number of hydrogen-bond acceptors (Lipinski definition) is 3. The van der Waals surface area contributed by atoms with Gasteiger partial charge >= 0.3 is 11.5 Å². The highest BCUT2D eigenvalue weighted by Gasteiger charge is 2.32. The highest BCUT2D eigenvalue weighted by molar-refractivity contribution is 8.00. The van der Waals surface area contributed by atoms with E-state index in [0.29, 0.717) is 5.69 Å². The average molecular weight is 253 g/mol. The molecule has 3 nitrogen and oxygen atoms in total. The number of methoxy groups -OCH3 is 1. The monoisotopic (exact) mass is 253 g/mol. The summed E-state index contributed by atoms with van der Waals surface area (Å²) in [4.78, 5) is 13.8. The third kappa shape index (κ3) is 2.72. The molecule has 1 aromatic rings. The molecule has 1 N–H and O–H groups in total. The molecule has 16 heavy (non-hydrogen) atoms. The van der Waals surface area contributed by atoms with Gasteiger partial charge in [-0.1, -0.05) is 0 Å². The lowest BCUT2D eigenvalue weighted by atomic mass is 10.2. The molecule has 0 spiro atoms. The van der Waals surface area contributed by atoms with Crippen molar-refractivity contribution in [1.29, 1.82) is 0 Å². The largest absolute Gasteiger partial charge is 0.465 e. The maximum atomic E-state index is 12.2. The predicted octanol–water partition coefficient (Wildman–Crippen LogP) is 3.03. The van der Waals surface area contributed by atoms with E-state index in [0.717, 1.165) is 0 Å². The molecule has 0 saturated heterocycles. The molecule has 0 fully saturated rings. The second-order valence-electron chi connectivity index (χ2n) is 3.12. The quantitative estimate of drug-likeness (QED) is 0.650. The van der Waals surface area contributed by atoms with Gasteiger partial charge in [0.25, 0.3) is 0 Å². The molecule has 90 valence electrons. The average Bonchev–Trinajstić information content (AvgIpc) is 2.38. The van der Waals surface area contributed by atoms with Gasteiger partial charge in [0.2, 0.25) is 0 Å². The van der Waals surface area contributed by atoms with Crippen molar-refractivity contribution in [2.45, 2.75) is 24.4 Å². The van der Waals surface area contributed by atoms with E-state index >= 15 is 0 Å². The van der Waals surface area contributed by atoms with Crippen molar-refractivity contribution >= 4 is 17.7 Å². The lowest BCUT2D eigenvalue weighted by Crippen LogP contribution is -2.04. The van der Waals surface area contributed by atoms with Gasteiger partial charge in [-0.3, -0.25) is 0 Å². The van der Waals surface area contributed by atoms with E-state index in [1.807, 2.05) is 0 Å². The summed E-state index contributed by atoms with van der Waals surface area (Å²) in [6.45, 7) is 2.98. The van der Waals surface area contributed by atoms with Gasteiger partial charge in [0.05, 0.1) is 17.7 Å². The van der Waals surface area contributed by atoms with Crippen LogP contribution in [-0.4, -0.2) is 23.6 Å². The lowest BCUT2D eigenvalue weighted by Gasteiger charge is -2.04. The van der Waals surface area contributed by atoms with Crippen molar-refractivity contribution < 1.29 is 22.7 Å². The number of aryl methyl sites for hydroxylation is 1. The van der Waals surface area contributed by atoms with E-state index in [2.05, 4.69) is 9.72 Å². The van der Waals surface area contributed by atoms with Gasteiger partial charge in [-0.25, -0.2) is 4.79 Å². The van der Waals surface area contributed by atoms with Crippen LogP contribution >= 0.6 is 11.8 Å². The molecule has 0 bridgehead atoms. The summed E-state index contributed by atoms with van der Waals surface area (Å²) in [5.74, 6) is -0.639. The van der Waals surface area contributed by atoms with Crippen molar-refractivity contribution in [1.82, 2.24) is 4.98 Å². The minimum absolute atomic E-state index is 0.0783. The van der Waals surface area contributed by atoms with Gasteiger partial charge < -0.3 is 9.72 Å². The first-order valence-corrected chi connectivity index (χ1v) is 5.11. The van der Waals surface area contributed by atoms with Crippen LogP contribution in [0.25, 0.3) is 0 Å². The second kappa shape index (κ2) is 4.40. The van der Waals surface area contributed by atoms with Crippen molar-refractivity contribution in [3.05, 3.63) is 16.8 Å². The molecule has 0 saturated carbocycles. The highest BCUT2D eigenvalue weighted by atomic mass is 32.2. The first kappa shape index (κ1) is 13.0. The van der Waals surface area contributed by atoms with E-state index in [1.165, 1.54) is 21.0 Å². The summed E-state index contributed by atoms with van der Waals surface area (Å²) in [6.07, 6.45) is 0. The van der Waals surface area contributed by atoms with E-state index in [4.69, 9.17) is 0 Å². The summed E-state index contributed by atoms with van der Waals surface area (Å²) in [6, 6.07) is 0. The molecule has 0 aliphatic rings. The molecular weight excluding hydrogens is 243 g/mol. The number of halogens is 3. The number of alkyl halides is 3. The molecule has 0 radical (unpaired) electrons. The molecule has 0 aliphatic carbocycles. The van der Waals surface area contributed by atoms with Gasteiger partial charge in [-0.15, -0.1) is 0 Å². The Morgan fingerprint density at radius 3 is 2.38 bits per heavy atom. The Morgan fingerprint density at radius 2 is 1.94 bits per heavy atom. The van der Waals surface area contributed by atoms with E-state index in [9.17, 15) is 18.0 Å². The number of nitrogens with one attached hydrogen (secondary N) is 1. The van der Waals surface area contributed by atoms with E-state index < -0.39 is 11.5 Å². The predicted molar refractivity (Wildman–Crippen MR) is 53.5 cm³/mol. The summed E-state index contributed by atoms with van der Waals surface area (Å²) in [7, 11) is 1.19. The van der Waals surface area contributed by atoms with Crippen LogP contribution in [0.1, 0.15) is 21.6 Å². The van der Waals surface area contributed by atoms with Crippen LogP contribution in [0.4, 0.5) is 13.2 Å². The molecule has 7 heteroatoms. The molecule has 0 aromatic carbocycles. The van der Waals surface area contributed by atoms with Crippen molar-refractivity contribution in [3.63, 3.8) is 0 Å². The number of carbonyl (C=O) groups is 1. The Balaban J connectivity index is 3.12. The molecule has 1 aromatic heterocycles. The van der Waals surface area contributed by atoms with Crippen LogP contribution in [0.15, 0.2) is 5.03 Å². The molecule has 0 atom stereocenters.